The molecular formula is C14H18N4O2. The number of carboxylic acid groups (broad SMARTS) is 1. The number of nitrogens with zero attached hydrogens (tertiary/aromatic N) is 3. The number of imidazole rings is 1. The minimum atomic E-state index is -0.940. The van der Waals surface area contributed by atoms with E-state index in [-0.39, 0.29) is 11.7 Å². The van der Waals surface area contributed by atoms with Crippen LogP contribution in [0.4, 0.5) is 0 Å². The molecule has 0 amide bonds. The second kappa shape index (κ2) is 5.22. The fourth-order valence-corrected chi connectivity index (χ4v) is 2.69. The van der Waals surface area contributed by atoms with Crippen molar-refractivity contribution in [3.63, 3.8) is 0 Å². The van der Waals surface area contributed by atoms with Gasteiger partial charge in [-0.05, 0) is 25.1 Å². The predicted octanol–water partition coefficient (Wildman–Crippen LogP) is 0.608. The number of hydrogen-bond acceptors (Lipinski definition) is 4. The fraction of sp³-hybridized carbons (Fsp3) is 0.429. The molecule has 3 heterocycles. The van der Waals surface area contributed by atoms with E-state index in [1.807, 2.05) is 12.3 Å². The van der Waals surface area contributed by atoms with Crippen LogP contribution in [0.2, 0.25) is 0 Å². The zero-order chi connectivity index (χ0) is 14.1. The first-order valence-corrected chi connectivity index (χ1v) is 6.82. The van der Waals surface area contributed by atoms with Gasteiger partial charge in [-0.25, -0.2) is 9.78 Å². The highest BCUT2D eigenvalue weighted by atomic mass is 16.4. The third-order valence-corrected chi connectivity index (χ3v) is 3.75. The number of fused-ring (bicyclic) bond motifs is 1. The number of rotatable bonds is 4. The lowest BCUT2D eigenvalue weighted by molar-refractivity contribution is 0.0689. The zero-order valence-electron chi connectivity index (χ0n) is 11.2. The largest absolute Gasteiger partial charge is 0.477 e. The van der Waals surface area contributed by atoms with Crippen LogP contribution >= 0.6 is 0 Å². The monoisotopic (exact) mass is 274 g/mol. The molecule has 20 heavy (non-hydrogen) atoms. The highest BCUT2D eigenvalue weighted by Crippen LogP contribution is 2.12. The van der Waals surface area contributed by atoms with Crippen molar-refractivity contribution in [3.05, 3.63) is 35.8 Å². The summed E-state index contributed by atoms with van der Waals surface area (Å²) >= 11 is 0. The molecule has 0 radical (unpaired) electrons. The van der Waals surface area contributed by atoms with Crippen LogP contribution < -0.4 is 5.73 Å². The van der Waals surface area contributed by atoms with Crippen LogP contribution in [-0.4, -0.2) is 51.0 Å². The summed E-state index contributed by atoms with van der Waals surface area (Å²) in [5.41, 5.74) is 7.72. The van der Waals surface area contributed by atoms with Gasteiger partial charge in [0.1, 0.15) is 11.3 Å². The fourth-order valence-electron chi connectivity index (χ4n) is 2.69. The molecule has 1 aliphatic rings. The molecule has 3 N–H and O–H groups in total. The van der Waals surface area contributed by atoms with E-state index in [4.69, 9.17) is 10.8 Å². The smallest absolute Gasteiger partial charge is 0.352 e. The third kappa shape index (κ3) is 2.52. The number of nitrogens with two attached hydrogens (primary N) is 1. The van der Waals surface area contributed by atoms with Crippen molar-refractivity contribution in [2.45, 2.75) is 18.9 Å². The Morgan fingerprint density at radius 2 is 2.35 bits per heavy atom. The van der Waals surface area contributed by atoms with Gasteiger partial charge >= 0.3 is 5.97 Å². The van der Waals surface area contributed by atoms with Gasteiger partial charge < -0.3 is 15.7 Å². The molecule has 3 rings (SSSR count). The number of pyridine rings is 1. The minimum Gasteiger partial charge on any atom is -0.477 e. The van der Waals surface area contributed by atoms with Gasteiger partial charge in [0.15, 0.2) is 0 Å². The second-order valence-corrected chi connectivity index (χ2v) is 5.28. The van der Waals surface area contributed by atoms with E-state index in [2.05, 4.69) is 9.88 Å². The van der Waals surface area contributed by atoms with Crippen LogP contribution in [0.25, 0.3) is 5.65 Å². The molecule has 2 aromatic rings. The van der Waals surface area contributed by atoms with Gasteiger partial charge in [-0.3, -0.25) is 4.40 Å². The highest BCUT2D eigenvalue weighted by Gasteiger charge is 2.19. The summed E-state index contributed by atoms with van der Waals surface area (Å²) in [6.07, 6.45) is 3.68. The van der Waals surface area contributed by atoms with Crippen LogP contribution in [-0.2, 0) is 6.42 Å². The summed E-state index contributed by atoms with van der Waals surface area (Å²) < 4.78 is 1.63. The maximum Gasteiger partial charge on any atom is 0.352 e. The summed E-state index contributed by atoms with van der Waals surface area (Å²) in [6, 6.07) is 5.41. The number of likely N-dealkylation sites (tertiary alicyclic amines) is 1. The Morgan fingerprint density at radius 1 is 1.50 bits per heavy atom. The van der Waals surface area contributed by atoms with E-state index in [1.165, 1.54) is 0 Å². The molecule has 6 nitrogen and oxygen atoms in total. The Balaban J connectivity index is 1.76. The highest BCUT2D eigenvalue weighted by molar-refractivity contribution is 5.86. The second-order valence-electron chi connectivity index (χ2n) is 5.28. The van der Waals surface area contributed by atoms with Gasteiger partial charge in [0.2, 0.25) is 0 Å². The average Bonchev–Trinajstić information content (AvgIpc) is 3.01. The lowest BCUT2D eigenvalue weighted by atomic mass is 10.3. The number of carbonyl (C=O) groups is 1. The van der Waals surface area contributed by atoms with Gasteiger partial charge in [0, 0.05) is 31.7 Å². The van der Waals surface area contributed by atoms with Crippen molar-refractivity contribution in [2.24, 2.45) is 5.73 Å². The summed E-state index contributed by atoms with van der Waals surface area (Å²) in [7, 11) is 0. The van der Waals surface area contributed by atoms with Gasteiger partial charge in [-0.2, -0.15) is 0 Å². The summed E-state index contributed by atoms with van der Waals surface area (Å²) in [5.74, 6) is -0.940. The van der Waals surface area contributed by atoms with E-state index in [1.54, 1.807) is 16.5 Å². The topological polar surface area (TPSA) is 83.9 Å². The van der Waals surface area contributed by atoms with Crippen LogP contribution in [0.15, 0.2) is 24.4 Å². The molecule has 1 saturated heterocycles. The Kier molecular flexibility index (Phi) is 3.42. The number of aromatic nitrogens is 2. The molecule has 106 valence electrons. The van der Waals surface area contributed by atoms with E-state index < -0.39 is 5.97 Å². The lowest BCUT2D eigenvalue weighted by Crippen LogP contribution is -2.28. The SMILES string of the molecule is NC1CCN(CCc2cn3c(C(=O)O)cccc3n2)C1. The first-order chi connectivity index (χ1) is 9.63. The standard InChI is InChI=1S/C14H18N4O2/c15-10-4-6-17(8-10)7-5-11-9-18-12(14(19)20)2-1-3-13(18)16-11/h1-3,9-10H,4-8,15H2,(H,19,20). The molecule has 0 bridgehead atoms. The van der Waals surface area contributed by atoms with E-state index >= 15 is 0 Å². The van der Waals surface area contributed by atoms with Crippen molar-refractivity contribution in [2.75, 3.05) is 19.6 Å². The van der Waals surface area contributed by atoms with Crippen molar-refractivity contribution in [1.29, 1.82) is 0 Å². The van der Waals surface area contributed by atoms with Gasteiger partial charge in [0.25, 0.3) is 0 Å². The molecule has 0 saturated carbocycles. The normalized spacial score (nSPS) is 19.8. The number of hydrogen-bond donors (Lipinski definition) is 2. The molecule has 1 unspecified atom stereocenters. The zero-order valence-corrected chi connectivity index (χ0v) is 11.2. The molecule has 6 heteroatoms. The van der Waals surface area contributed by atoms with Crippen LogP contribution in [0.1, 0.15) is 22.6 Å². The van der Waals surface area contributed by atoms with Crippen molar-refractivity contribution < 1.29 is 9.90 Å². The Hall–Kier alpha value is -1.92. The van der Waals surface area contributed by atoms with Crippen molar-refractivity contribution in [3.8, 4) is 0 Å². The number of carboxylic acids is 1. The van der Waals surface area contributed by atoms with E-state index in [9.17, 15) is 4.79 Å². The van der Waals surface area contributed by atoms with Crippen molar-refractivity contribution in [1.82, 2.24) is 14.3 Å². The quantitative estimate of drug-likeness (QED) is 0.853. The third-order valence-electron chi connectivity index (χ3n) is 3.75. The van der Waals surface area contributed by atoms with Gasteiger partial charge in [-0.1, -0.05) is 6.07 Å². The molecule has 1 fully saturated rings. The van der Waals surface area contributed by atoms with Crippen LogP contribution in [0, 0.1) is 0 Å². The Labute approximate surface area is 116 Å². The van der Waals surface area contributed by atoms with Crippen molar-refractivity contribution >= 4 is 11.6 Å². The van der Waals surface area contributed by atoms with E-state index in [0.717, 1.165) is 38.2 Å². The number of aromatic carboxylic acids is 1. The first kappa shape index (κ1) is 13.1. The lowest BCUT2D eigenvalue weighted by Gasteiger charge is -2.13. The van der Waals surface area contributed by atoms with Crippen LogP contribution in [0.3, 0.4) is 0 Å². The Bertz CT molecular complexity index is 637. The molecule has 0 aliphatic carbocycles. The summed E-state index contributed by atoms with van der Waals surface area (Å²) in [6.45, 7) is 2.89. The molecule has 1 aliphatic heterocycles. The Morgan fingerprint density at radius 3 is 3.05 bits per heavy atom. The maximum atomic E-state index is 11.2. The first-order valence-electron chi connectivity index (χ1n) is 6.82. The van der Waals surface area contributed by atoms with Crippen LogP contribution in [0.5, 0.6) is 0 Å². The summed E-state index contributed by atoms with van der Waals surface area (Å²) in [4.78, 5) is 18.0. The molecule has 2 aromatic heterocycles. The van der Waals surface area contributed by atoms with Gasteiger partial charge in [-0.15, -0.1) is 0 Å². The van der Waals surface area contributed by atoms with E-state index in [0.29, 0.717) is 5.65 Å². The molecule has 1 atom stereocenters. The van der Waals surface area contributed by atoms with Gasteiger partial charge in [0.05, 0.1) is 5.69 Å². The maximum absolute atomic E-state index is 11.2. The minimum absolute atomic E-state index is 0.240. The molecule has 0 spiro atoms. The molecule has 0 aromatic carbocycles. The predicted molar refractivity (Wildman–Crippen MR) is 74.9 cm³/mol. The average molecular weight is 274 g/mol. The summed E-state index contributed by atoms with van der Waals surface area (Å²) in [5, 5.41) is 9.15. The molecular weight excluding hydrogens is 256 g/mol.